The van der Waals surface area contributed by atoms with E-state index in [9.17, 15) is 19.7 Å². The molecule has 34 heavy (non-hydrogen) atoms. The number of aryl methyl sites for hydroxylation is 1. The largest absolute Gasteiger partial charge is 0.378 e. The van der Waals surface area contributed by atoms with E-state index in [0.29, 0.717) is 38.3 Å². The second-order valence-corrected chi connectivity index (χ2v) is 9.78. The van der Waals surface area contributed by atoms with Crippen molar-refractivity contribution in [2.75, 3.05) is 23.7 Å². The fourth-order valence-electron chi connectivity index (χ4n) is 5.77. The van der Waals surface area contributed by atoms with Gasteiger partial charge in [-0.25, -0.2) is 4.98 Å². The first-order valence-corrected chi connectivity index (χ1v) is 11.3. The molecule has 3 atom stereocenters. The monoisotopic (exact) mass is 469 g/mol. The number of nitrogen functional groups attached to an aromatic ring is 1. The predicted molar refractivity (Wildman–Crippen MR) is 122 cm³/mol. The molecule has 0 radical (unpaired) electrons. The summed E-state index contributed by atoms with van der Waals surface area (Å²) in [6.45, 7) is 2.77. The topological polar surface area (TPSA) is 172 Å². The third-order valence-electron chi connectivity index (χ3n) is 7.49. The SMILES string of the molecule is C[C@@H]1CN(c2nc(N)c([N+](=O)[O-])c(C3CC4(C(N)=O)CC3C4)n2)C[C@H](c2ccc(=O)n(C)c2)O1. The van der Waals surface area contributed by atoms with E-state index in [1.54, 1.807) is 19.3 Å². The molecule has 1 saturated heterocycles. The number of pyridine rings is 1. The third kappa shape index (κ3) is 3.49. The van der Waals surface area contributed by atoms with E-state index in [1.807, 2.05) is 11.8 Å². The highest BCUT2D eigenvalue weighted by Crippen LogP contribution is 2.65. The number of carbonyl (C=O) groups excluding carboxylic acids is 1. The molecule has 2 aromatic rings. The third-order valence-corrected chi connectivity index (χ3v) is 7.49. The molecule has 0 aromatic carbocycles. The molecule has 12 heteroatoms. The van der Waals surface area contributed by atoms with Crippen LogP contribution in [0.4, 0.5) is 17.5 Å². The lowest BCUT2D eigenvalue weighted by atomic mass is 9.69. The molecule has 4 fully saturated rings. The van der Waals surface area contributed by atoms with Gasteiger partial charge in [0.15, 0.2) is 0 Å². The van der Waals surface area contributed by atoms with Crippen molar-refractivity contribution in [2.24, 2.45) is 24.1 Å². The van der Waals surface area contributed by atoms with Crippen molar-refractivity contribution >= 4 is 23.4 Å². The summed E-state index contributed by atoms with van der Waals surface area (Å²) >= 11 is 0. The zero-order valence-electron chi connectivity index (χ0n) is 19.0. The van der Waals surface area contributed by atoms with E-state index in [1.165, 1.54) is 10.6 Å². The van der Waals surface area contributed by atoms with Gasteiger partial charge in [-0.05, 0) is 43.7 Å². The summed E-state index contributed by atoms with van der Waals surface area (Å²) in [5.74, 6) is -0.427. The fraction of sp³-hybridized carbons (Fsp3) is 0.545. The van der Waals surface area contributed by atoms with Crippen LogP contribution in [0.1, 0.15) is 49.5 Å². The van der Waals surface area contributed by atoms with Crippen molar-refractivity contribution in [3.63, 3.8) is 0 Å². The molecule has 2 aromatic heterocycles. The van der Waals surface area contributed by atoms with Crippen LogP contribution in [-0.2, 0) is 16.6 Å². The molecule has 3 aliphatic carbocycles. The van der Waals surface area contributed by atoms with Gasteiger partial charge in [0, 0.05) is 31.8 Å². The highest BCUT2D eigenvalue weighted by molar-refractivity contribution is 5.83. The highest BCUT2D eigenvalue weighted by Gasteiger charge is 2.61. The molecule has 2 bridgehead atoms. The van der Waals surface area contributed by atoms with Gasteiger partial charge in [-0.15, -0.1) is 0 Å². The number of rotatable bonds is 5. The lowest BCUT2D eigenvalue weighted by Crippen LogP contribution is -2.44. The maximum absolute atomic E-state index is 12.0. The normalized spacial score (nSPS) is 30.1. The second kappa shape index (κ2) is 7.76. The summed E-state index contributed by atoms with van der Waals surface area (Å²) in [4.78, 5) is 45.9. The van der Waals surface area contributed by atoms with Crippen molar-refractivity contribution in [1.29, 1.82) is 0 Å². The van der Waals surface area contributed by atoms with Crippen LogP contribution in [0.25, 0.3) is 0 Å². The number of hydrogen-bond donors (Lipinski definition) is 2. The molecule has 1 amide bonds. The van der Waals surface area contributed by atoms with Crippen LogP contribution in [0.15, 0.2) is 23.1 Å². The molecule has 12 nitrogen and oxygen atoms in total. The minimum Gasteiger partial charge on any atom is -0.378 e. The van der Waals surface area contributed by atoms with E-state index in [4.69, 9.17) is 16.2 Å². The number of aromatic nitrogens is 3. The molecule has 0 spiro atoms. The summed E-state index contributed by atoms with van der Waals surface area (Å²) in [6, 6.07) is 3.22. The maximum Gasteiger partial charge on any atom is 0.332 e. The summed E-state index contributed by atoms with van der Waals surface area (Å²) in [7, 11) is 1.67. The van der Waals surface area contributed by atoms with Crippen molar-refractivity contribution in [2.45, 2.75) is 44.3 Å². The van der Waals surface area contributed by atoms with Crippen LogP contribution in [0.2, 0.25) is 0 Å². The molecular weight excluding hydrogens is 442 g/mol. The van der Waals surface area contributed by atoms with Gasteiger partial charge in [0.25, 0.3) is 0 Å². The first kappa shape index (κ1) is 22.3. The number of fused-ring (bicyclic) bond motifs is 1. The van der Waals surface area contributed by atoms with E-state index >= 15 is 0 Å². The Morgan fingerprint density at radius 3 is 2.62 bits per heavy atom. The Hall–Kier alpha value is -3.54. The predicted octanol–water partition coefficient (Wildman–Crippen LogP) is 1.00. The first-order chi connectivity index (χ1) is 16.1. The number of morpholine rings is 1. The number of anilines is 2. The number of amides is 1. The van der Waals surface area contributed by atoms with Crippen molar-refractivity contribution < 1.29 is 14.5 Å². The number of nitrogens with zero attached hydrogens (tertiary/aromatic N) is 5. The van der Waals surface area contributed by atoms with Crippen molar-refractivity contribution in [1.82, 2.24) is 14.5 Å². The lowest BCUT2D eigenvalue weighted by molar-refractivity contribution is -0.385. The van der Waals surface area contributed by atoms with Crippen molar-refractivity contribution in [3.05, 3.63) is 50.1 Å². The van der Waals surface area contributed by atoms with E-state index < -0.39 is 10.3 Å². The summed E-state index contributed by atoms with van der Waals surface area (Å²) in [5.41, 5.74) is 11.8. The van der Waals surface area contributed by atoms with Crippen LogP contribution in [0, 0.1) is 21.4 Å². The smallest absolute Gasteiger partial charge is 0.332 e. The van der Waals surface area contributed by atoms with Crippen LogP contribution in [-0.4, -0.2) is 44.6 Å². The average Bonchev–Trinajstić information content (AvgIpc) is 3.32. The molecule has 4 N–H and O–H groups in total. The van der Waals surface area contributed by atoms with Gasteiger partial charge < -0.3 is 25.7 Å². The number of hydrogen-bond acceptors (Lipinski definition) is 9. The zero-order valence-corrected chi connectivity index (χ0v) is 19.0. The Bertz CT molecular complexity index is 1240. The number of nitrogens with two attached hydrogens (primary N) is 2. The van der Waals surface area contributed by atoms with Gasteiger partial charge in [-0.2, -0.15) is 4.98 Å². The standard InChI is InChI=1S/C22H27N7O5/c1-11-8-28(10-15(34-11)12-3-4-16(30)27(2)9-12)21-25-17(18(29(32)33)19(23)26-21)14-7-22(20(24)31)5-13(14)6-22/h3-4,9,11,13-15H,5-8,10H2,1-2H3,(H2,24,31)(H2,23,25,26)/t11-,13?,14?,15-,22?/m1/s1. The molecule has 3 saturated carbocycles. The minimum atomic E-state index is -0.606. The first-order valence-electron chi connectivity index (χ1n) is 11.3. The van der Waals surface area contributed by atoms with Crippen LogP contribution < -0.4 is 21.9 Å². The van der Waals surface area contributed by atoms with Gasteiger partial charge in [-0.3, -0.25) is 19.7 Å². The molecule has 1 aliphatic heterocycles. The van der Waals surface area contributed by atoms with E-state index in [2.05, 4.69) is 9.97 Å². The quantitative estimate of drug-likeness (QED) is 0.478. The van der Waals surface area contributed by atoms with Gasteiger partial charge in [-0.1, -0.05) is 0 Å². The fourth-order valence-corrected chi connectivity index (χ4v) is 5.77. The van der Waals surface area contributed by atoms with Crippen LogP contribution >= 0.6 is 0 Å². The molecular formula is C22H27N7O5. The van der Waals surface area contributed by atoms with E-state index in [0.717, 1.165) is 5.56 Å². The zero-order chi connectivity index (χ0) is 24.4. The summed E-state index contributed by atoms with van der Waals surface area (Å²) in [6.07, 6.45) is 2.87. The Balaban J connectivity index is 1.50. The number of nitro groups is 1. The maximum atomic E-state index is 12.0. The highest BCUT2D eigenvalue weighted by atomic mass is 16.6. The minimum absolute atomic E-state index is 0.107. The summed E-state index contributed by atoms with van der Waals surface area (Å²) < 4.78 is 7.59. The van der Waals surface area contributed by atoms with Crippen LogP contribution in [0.3, 0.4) is 0 Å². The van der Waals surface area contributed by atoms with Gasteiger partial charge in [0.05, 0.1) is 23.0 Å². The Kier molecular flexibility index (Phi) is 5.08. The summed E-state index contributed by atoms with van der Waals surface area (Å²) in [5, 5.41) is 11.9. The molecule has 4 aliphatic rings. The molecule has 1 unspecified atom stereocenters. The molecule has 180 valence electrons. The number of primary amides is 1. The van der Waals surface area contributed by atoms with Gasteiger partial charge in [0.2, 0.25) is 23.2 Å². The molecule has 3 heterocycles. The Morgan fingerprint density at radius 1 is 1.26 bits per heavy atom. The van der Waals surface area contributed by atoms with Gasteiger partial charge in [0.1, 0.15) is 11.8 Å². The average molecular weight is 470 g/mol. The number of carbonyl (C=O) groups is 1. The van der Waals surface area contributed by atoms with Crippen molar-refractivity contribution in [3.8, 4) is 0 Å². The van der Waals surface area contributed by atoms with Gasteiger partial charge >= 0.3 is 5.69 Å². The van der Waals surface area contributed by atoms with E-state index in [-0.39, 0.29) is 52.7 Å². The number of ether oxygens (including phenoxy) is 1. The Morgan fingerprint density at radius 2 is 2.00 bits per heavy atom. The molecule has 6 rings (SSSR count). The second-order valence-electron chi connectivity index (χ2n) is 9.78. The lowest BCUT2D eigenvalue weighted by Gasteiger charge is -2.37. The Labute approximate surface area is 195 Å². The van der Waals surface area contributed by atoms with Crippen LogP contribution in [0.5, 0.6) is 0 Å².